The number of anilines is 1. The number of benzene rings is 1. The molecular weight excluding hydrogens is 443 g/mol. The van der Waals surface area contributed by atoms with E-state index < -0.39 is 6.04 Å². The number of nitrogens with one attached hydrogen (secondary N) is 1. The Labute approximate surface area is 167 Å². The lowest BCUT2D eigenvalue weighted by Gasteiger charge is -2.27. The molecule has 1 aliphatic heterocycles. The fraction of sp³-hybridized carbons (Fsp3) is 0.450. The molecule has 1 saturated heterocycles. The Morgan fingerprint density at radius 2 is 1.73 bits per heavy atom. The summed E-state index contributed by atoms with van der Waals surface area (Å²) in [6, 6.07) is 6.70. The number of hydrogen-bond donors (Lipinski definition) is 1. The molecule has 0 saturated carbocycles. The molecule has 138 valence electrons. The van der Waals surface area contributed by atoms with Crippen molar-refractivity contribution in [3.05, 3.63) is 40.0 Å². The van der Waals surface area contributed by atoms with Gasteiger partial charge in [0.15, 0.2) is 0 Å². The first-order chi connectivity index (χ1) is 12.4. The second-order valence-corrected chi connectivity index (χ2v) is 8.48. The lowest BCUT2D eigenvalue weighted by Crippen LogP contribution is -2.48. The van der Waals surface area contributed by atoms with Crippen LogP contribution in [0.5, 0.6) is 0 Å². The monoisotopic (exact) mass is 466 g/mol. The number of carbonyl (C=O) groups is 3. The van der Waals surface area contributed by atoms with E-state index in [4.69, 9.17) is 0 Å². The zero-order chi connectivity index (χ0) is 18.8. The molecule has 1 heterocycles. The van der Waals surface area contributed by atoms with Crippen LogP contribution in [0.4, 0.5) is 5.69 Å². The van der Waals surface area contributed by atoms with Crippen LogP contribution in [-0.4, -0.2) is 28.7 Å². The minimum absolute atomic E-state index is 0.182. The van der Waals surface area contributed by atoms with Crippen molar-refractivity contribution in [3.8, 4) is 0 Å². The first-order valence-electron chi connectivity index (χ1n) is 8.97. The van der Waals surface area contributed by atoms with Crippen molar-refractivity contribution in [1.82, 2.24) is 4.90 Å². The van der Waals surface area contributed by atoms with Crippen molar-refractivity contribution in [2.24, 2.45) is 17.8 Å². The highest BCUT2D eigenvalue weighted by Gasteiger charge is 2.51. The van der Waals surface area contributed by atoms with Gasteiger partial charge in [0.25, 0.3) is 0 Å². The molecule has 5 nitrogen and oxygen atoms in total. The summed E-state index contributed by atoms with van der Waals surface area (Å²) >= 11 is 2.16. The maximum Gasteiger partial charge on any atom is 0.247 e. The van der Waals surface area contributed by atoms with Crippen LogP contribution in [0.15, 0.2) is 36.4 Å². The minimum atomic E-state index is -0.767. The Bertz CT molecular complexity index is 733. The van der Waals surface area contributed by atoms with E-state index >= 15 is 0 Å². The standard InChI is InChI=1S/C20H23IN2O3/c1-12(2)11-17(18(24)22-16-10-6-5-9-15(16)21)23-19(25)13-7-3-4-8-14(13)20(23)26/h3-6,9-10,12-14,17H,7-8,11H2,1-2H3,(H,22,24). The number of carbonyl (C=O) groups excluding carboxylic acids is 3. The van der Waals surface area contributed by atoms with Crippen LogP contribution in [0.1, 0.15) is 33.1 Å². The summed E-state index contributed by atoms with van der Waals surface area (Å²) in [4.78, 5) is 40.0. The number of rotatable bonds is 5. The van der Waals surface area contributed by atoms with E-state index in [0.717, 1.165) is 3.57 Å². The Kier molecular flexibility index (Phi) is 5.79. The molecule has 3 atom stereocenters. The van der Waals surface area contributed by atoms with Crippen LogP contribution >= 0.6 is 22.6 Å². The number of hydrogen-bond acceptors (Lipinski definition) is 3. The van der Waals surface area contributed by atoms with Crippen LogP contribution in [-0.2, 0) is 14.4 Å². The summed E-state index contributed by atoms with van der Waals surface area (Å²) in [5.41, 5.74) is 0.699. The number of para-hydroxylation sites is 1. The van der Waals surface area contributed by atoms with Gasteiger partial charge in [0.05, 0.1) is 17.5 Å². The van der Waals surface area contributed by atoms with Gasteiger partial charge in [-0.25, -0.2) is 0 Å². The van der Waals surface area contributed by atoms with Crippen molar-refractivity contribution in [2.45, 2.75) is 39.2 Å². The summed E-state index contributed by atoms with van der Waals surface area (Å²) in [5.74, 6) is -1.14. The van der Waals surface area contributed by atoms with Gasteiger partial charge in [-0.3, -0.25) is 19.3 Å². The SMILES string of the molecule is CC(C)CC(C(=O)Nc1ccccc1I)N1C(=O)C2CC=CCC2C1=O. The quantitative estimate of drug-likeness (QED) is 0.410. The predicted molar refractivity (Wildman–Crippen MR) is 108 cm³/mol. The van der Waals surface area contributed by atoms with Gasteiger partial charge in [0, 0.05) is 3.57 Å². The van der Waals surface area contributed by atoms with E-state index in [0.29, 0.717) is 24.9 Å². The van der Waals surface area contributed by atoms with Crippen molar-refractivity contribution < 1.29 is 14.4 Å². The van der Waals surface area contributed by atoms with E-state index in [-0.39, 0.29) is 35.5 Å². The second kappa shape index (κ2) is 7.90. The molecule has 1 fully saturated rings. The van der Waals surface area contributed by atoms with Crippen LogP contribution in [0.3, 0.4) is 0 Å². The topological polar surface area (TPSA) is 66.5 Å². The van der Waals surface area contributed by atoms with E-state index in [9.17, 15) is 14.4 Å². The molecule has 1 aromatic carbocycles. The molecule has 26 heavy (non-hydrogen) atoms. The first-order valence-corrected chi connectivity index (χ1v) is 10.0. The number of likely N-dealkylation sites (tertiary alicyclic amines) is 1. The second-order valence-electron chi connectivity index (χ2n) is 7.32. The molecule has 0 radical (unpaired) electrons. The molecule has 0 bridgehead atoms. The summed E-state index contributed by atoms with van der Waals surface area (Å²) in [6.07, 6.45) is 5.54. The molecule has 0 spiro atoms. The Morgan fingerprint density at radius 3 is 2.27 bits per heavy atom. The van der Waals surface area contributed by atoms with Gasteiger partial charge in [0.1, 0.15) is 6.04 Å². The van der Waals surface area contributed by atoms with Gasteiger partial charge in [-0.2, -0.15) is 0 Å². The molecule has 3 rings (SSSR count). The summed E-state index contributed by atoms with van der Waals surface area (Å²) in [7, 11) is 0. The third-order valence-electron chi connectivity index (χ3n) is 4.98. The Morgan fingerprint density at radius 1 is 1.15 bits per heavy atom. The van der Waals surface area contributed by atoms with E-state index in [2.05, 4.69) is 27.9 Å². The molecule has 0 aromatic heterocycles. The van der Waals surface area contributed by atoms with Crippen molar-refractivity contribution in [3.63, 3.8) is 0 Å². The highest BCUT2D eigenvalue weighted by Crippen LogP contribution is 2.37. The van der Waals surface area contributed by atoms with Crippen LogP contribution in [0.25, 0.3) is 0 Å². The summed E-state index contributed by atoms with van der Waals surface area (Å²) < 4.78 is 0.915. The molecule has 6 heteroatoms. The van der Waals surface area contributed by atoms with Gasteiger partial charge in [0.2, 0.25) is 17.7 Å². The molecule has 1 aromatic rings. The van der Waals surface area contributed by atoms with Gasteiger partial charge >= 0.3 is 0 Å². The van der Waals surface area contributed by atoms with E-state index in [1.807, 2.05) is 50.3 Å². The predicted octanol–water partition coefficient (Wildman–Crippen LogP) is 3.60. The fourth-order valence-electron chi connectivity index (χ4n) is 3.69. The van der Waals surface area contributed by atoms with Gasteiger partial charge in [-0.05, 0) is 59.9 Å². The zero-order valence-corrected chi connectivity index (χ0v) is 17.1. The smallest absolute Gasteiger partial charge is 0.247 e. The normalized spacial score (nSPS) is 23.3. The Balaban J connectivity index is 1.86. The summed E-state index contributed by atoms with van der Waals surface area (Å²) in [5, 5.41) is 2.91. The number of halogens is 1. The zero-order valence-electron chi connectivity index (χ0n) is 14.9. The molecule has 1 N–H and O–H groups in total. The lowest BCUT2D eigenvalue weighted by atomic mass is 9.85. The third kappa shape index (κ3) is 3.70. The average molecular weight is 466 g/mol. The van der Waals surface area contributed by atoms with Crippen molar-refractivity contribution >= 4 is 46.0 Å². The molecule has 3 amide bonds. The van der Waals surface area contributed by atoms with E-state index in [1.165, 1.54) is 4.90 Å². The third-order valence-corrected chi connectivity index (χ3v) is 5.92. The lowest BCUT2D eigenvalue weighted by molar-refractivity contribution is -0.147. The van der Waals surface area contributed by atoms with Gasteiger partial charge in [-0.1, -0.05) is 38.1 Å². The number of fused-ring (bicyclic) bond motifs is 1. The summed E-state index contributed by atoms with van der Waals surface area (Å²) in [6.45, 7) is 3.98. The number of amides is 3. The highest BCUT2D eigenvalue weighted by molar-refractivity contribution is 14.1. The number of nitrogens with zero attached hydrogens (tertiary/aromatic N) is 1. The highest BCUT2D eigenvalue weighted by atomic mass is 127. The number of allylic oxidation sites excluding steroid dienone is 2. The molecule has 2 aliphatic rings. The van der Waals surface area contributed by atoms with Crippen molar-refractivity contribution in [2.75, 3.05) is 5.32 Å². The van der Waals surface area contributed by atoms with E-state index in [1.54, 1.807) is 0 Å². The molecular formula is C20H23IN2O3. The maximum absolute atomic E-state index is 13.0. The van der Waals surface area contributed by atoms with Gasteiger partial charge < -0.3 is 5.32 Å². The van der Waals surface area contributed by atoms with Crippen molar-refractivity contribution in [1.29, 1.82) is 0 Å². The van der Waals surface area contributed by atoms with Crippen LogP contribution in [0, 0.1) is 21.3 Å². The fourth-order valence-corrected chi connectivity index (χ4v) is 4.21. The Hall–Kier alpha value is -1.70. The van der Waals surface area contributed by atoms with Crippen LogP contribution < -0.4 is 5.32 Å². The maximum atomic E-state index is 13.0. The van der Waals surface area contributed by atoms with Crippen LogP contribution in [0.2, 0.25) is 0 Å². The molecule has 1 aliphatic carbocycles. The largest absolute Gasteiger partial charge is 0.323 e. The molecule has 3 unspecified atom stereocenters. The first kappa shape index (κ1) is 19.1. The minimum Gasteiger partial charge on any atom is -0.323 e. The van der Waals surface area contributed by atoms with Gasteiger partial charge in [-0.15, -0.1) is 0 Å². The number of imide groups is 1. The average Bonchev–Trinajstić information content (AvgIpc) is 2.86.